The van der Waals surface area contributed by atoms with Gasteiger partial charge in [-0.15, -0.1) is 0 Å². The molecule has 14 heavy (non-hydrogen) atoms. The molecule has 0 amide bonds. The second-order valence-electron chi connectivity index (χ2n) is 2.87. The lowest BCUT2D eigenvalue weighted by molar-refractivity contribution is 1.29. The van der Waals surface area contributed by atoms with Gasteiger partial charge in [0.15, 0.2) is 0 Å². The maximum Gasteiger partial charge on any atom is 0.131 e. The van der Waals surface area contributed by atoms with E-state index in [9.17, 15) is 0 Å². The summed E-state index contributed by atoms with van der Waals surface area (Å²) in [5.41, 5.74) is 7.29. The van der Waals surface area contributed by atoms with Gasteiger partial charge in [0.05, 0.1) is 16.0 Å². The molecule has 0 radical (unpaired) electrons. The minimum atomic E-state index is 0.352. The van der Waals surface area contributed by atoms with Gasteiger partial charge < -0.3 is 10.7 Å². The number of hydrogen-bond donors (Lipinski definition) is 2. The molecule has 1 heterocycles. The molecule has 2 rings (SSSR count). The Morgan fingerprint density at radius 1 is 1.43 bits per heavy atom. The molecule has 1 aromatic heterocycles. The number of benzene rings is 1. The molecular weight excluding hydrogens is 194 g/mol. The molecule has 70 valence electrons. The molecule has 4 heteroatoms. The van der Waals surface area contributed by atoms with Crippen LogP contribution in [0, 0.1) is 0 Å². The number of para-hydroxylation sites is 2. The normalized spacial score (nSPS) is 11.1. The van der Waals surface area contributed by atoms with E-state index in [4.69, 9.17) is 18.0 Å². The zero-order chi connectivity index (χ0) is 9.97. The summed E-state index contributed by atoms with van der Waals surface area (Å²) in [7, 11) is 0. The predicted octanol–water partition coefficient (Wildman–Crippen LogP) is 1.86. The Bertz CT molecular complexity index is 466. The summed E-state index contributed by atoms with van der Waals surface area (Å²) in [6.07, 6.45) is 3.41. The van der Waals surface area contributed by atoms with E-state index in [1.54, 1.807) is 12.2 Å². The minimum Gasteiger partial charge on any atom is -0.390 e. The van der Waals surface area contributed by atoms with E-state index in [1.165, 1.54) is 0 Å². The third-order valence-electron chi connectivity index (χ3n) is 1.81. The van der Waals surface area contributed by atoms with Crippen molar-refractivity contribution in [1.29, 1.82) is 0 Å². The molecule has 0 unspecified atom stereocenters. The summed E-state index contributed by atoms with van der Waals surface area (Å²) in [5.74, 6) is 0.763. The fourth-order valence-corrected chi connectivity index (χ4v) is 1.28. The fourth-order valence-electron chi connectivity index (χ4n) is 1.21. The van der Waals surface area contributed by atoms with E-state index >= 15 is 0 Å². The zero-order valence-electron chi connectivity index (χ0n) is 7.40. The number of nitrogens with one attached hydrogen (secondary N) is 1. The number of thiocarbonyl (C=S) groups is 1. The lowest BCUT2D eigenvalue weighted by atomic mass is 10.3. The minimum absolute atomic E-state index is 0.352. The molecule has 3 N–H and O–H groups in total. The van der Waals surface area contributed by atoms with E-state index in [0.717, 1.165) is 16.9 Å². The van der Waals surface area contributed by atoms with Crippen LogP contribution >= 0.6 is 12.2 Å². The molecule has 3 nitrogen and oxygen atoms in total. The van der Waals surface area contributed by atoms with Crippen LogP contribution < -0.4 is 5.73 Å². The van der Waals surface area contributed by atoms with Crippen LogP contribution in [0.25, 0.3) is 17.1 Å². The Labute approximate surface area is 86.6 Å². The Balaban J connectivity index is 2.40. The first kappa shape index (κ1) is 8.90. The summed E-state index contributed by atoms with van der Waals surface area (Å²) >= 11 is 4.72. The van der Waals surface area contributed by atoms with Crippen molar-refractivity contribution in [3.8, 4) is 0 Å². The van der Waals surface area contributed by atoms with Gasteiger partial charge in [-0.1, -0.05) is 24.4 Å². The topological polar surface area (TPSA) is 54.7 Å². The Morgan fingerprint density at radius 2 is 2.21 bits per heavy atom. The largest absolute Gasteiger partial charge is 0.390 e. The average Bonchev–Trinajstić information content (AvgIpc) is 2.57. The van der Waals surface area contributed by atoms with Gasteiger partial charge in [0.1, 0.15) is 5.82 Å². The number of aromatic amines is 1. The Morgan fingerprint density at radius 3 is 2.93 bits per heavy atom. The highest BCUT2D eigenvalue weighted by molar-refractivity contribution is 7.80. The quantitative estimate of drug-likeness (QED) is 0.578. The lowest BCUT2D eigenvalue weighted by Crippen LogP contribution is -2.01. The third-order valence-corrected chi connectivity index (χ3v) is 1.95. The number of nitrogens with two attached hydrogens (primary N) is 1. The monoisotopic (exact) mass is 203 g/mol. The number of H-pyrrole nitrogens is 1. The molecule has 0 saturated heterocycles. The molecule has 0 aliphatic heterocycles. The van der Waals surface area contributed by atoms with Crippen LogP contribution in [-0.2, 0) is 0 Å². The summed E-state index contributed by atoms with van der Waals surface area (Å²) in [6.45, 7) is 0. The predicted molar refractivity (Wildman–Crippen MR) is 61.9 cm³/mol. The van der Waals surface area contributed by atoms with Gasteiger partial charge in [-0.2, -0.15) is 0 Å². The third kappa shape index (κ3) is 1.80. The van der Waals surface area contributed by atoms with E-state index in [1.807, 2.05) is 24.3 Å². The van der Waals surface area contributed by atoms with Gasteiger partial charge in [0.2, 0.25) is 0 Å². The van der Waals surface area contributed by atoms with Gasteiger partial charge in [-0.3, -0.25) is 0 Å². The number of imidazole rings is 1. The number of rotatable bonds is 2. The summed E-state index contributed by atoms with van der Waals surface area (Å²) in [5, 5.41) is 0. The van der Waals surface area contributed by atoms with E-state index < -0.39 is 0 Å². The van der Waals surface area contributed by atoms with Crippen molar-refractivity contribution in [3.05, 3.63) is 36.2 Å². The number of nitrogens with zero attached hydrogens (tertiary/aromatic N) is 1. The van der Waals surface area contributed by atoms with E-state index in [0.29, 0.717) is 4.99 Å². The highest BCUT2D eigenvalue weighted by Crippen LogP contribution is 2.10. The molecular formula is C10H9N3S. The van der Waals surface area contributed by atoms with Crippen LogP contribution in [0.5, 0.6) is 0 Å². The van der Waals surface area contributed by atoms with Crippen LogP contribution in [0.3, 0.4) is 0 Å². The van der Waals surface area contributed by atoms with Crippen LogP contribution in [-0.4, -0.2) is 15.0 Å². The smallest absolute Gasteiger partial charge is 0.131 e. The average molecular weight is 203 g/mol. The maximum atomic E-state index is 5.34. The zero-order valence-corrected chi connectivity index (χ0v) is 8.21. The van der Waals surface area contributed by atoms with E-state index in [-0.39, 0.29) is 0 Å². The molecule has 0 saturated carbocycles. The number of fused-ring (bicyclic) bond motifs is 1. The van der Waals surface area contributed by atoms with Crippen molar-refractivity contribution in [1.82, 2.24) is 9.97 Å². The fraction of sp³-hybridized carbons (Fsp3) is 0. The SMILES string of the molecule is NC(=S)C=Cc1nc2ccccc2[nH]1. The molecule has 0 fully saturated rings. The lowest BCUT2D eigenvalue weighted by Gasteiger charge is -1.83. The molecule has 0 bridgehead atoms. The molecule has 0 aliphatic carbocycles. The van der Waals surface area contributed by atoms with Crippen LogP contribution in [0.4, 0.5) is 0 Å². The van der Waals surface area contributed by atoms with Gasteiger partial charge in [-0.25, -0.2) is 4.98 Å². The highest BCUT2D eigenvalue weighted by Gasteiger charge is 1.97. The van der Waals surface area contributed by atoms with Crippen LogP contribution in [0.1, 0.15) is 5.82 Å². The molecule has 1 aromatic carbocycles. The Hall–Kier alpha value is -1.68. The summed E-state index contributed by atoms with van der Waals surface area (Å²) in [6, 6.07) is 7.83. The standard InChI is InChI=1S/C10H9N3S/c11-9(14)5-6-10-12-7-3-1-2-4-8(7)13-10/h1-6H,(H2,11,14)(H,12,13). The van der Waals surface area contributed by atoms with E-state index in [2.05, 4.69) is 9.97 Å². The number of hydrogen-bond acceptors (Lipinski definition) is 2. The van der Waals surface area contributed by atoms with Crippen molar-refractivity contribution in [2.75, 3.05) is 0 Å². The van der Waals surface area contributed by atoms with Crippen LogP contribution in [0.15, 0.2) is 30.3 Å². The van der Waals surface area contributed by atoms with Crippen molar-refractivity contribution in [2.24, 2.45) is 5.73 Å². The highest BCUT2D eigenvalue weighted by atomic mass is 32.1. The van der Waals surface area contributed by atoms with Crippen molar-refractivity contribution < 1.29 is 0 Å². The molecule has 0 aliphatic rings. The van der Waals surface area contributed by atoms with Crippen molar-refractivity contribution in [3.63, 3.8) is 0 Å². The van der Waals surface area contributed by atoms with Crippen molar-refractivity contribution >= 4 is 34.3 Å². The second-order valence-corrected chi connectivity index (χ2v) is 3.35. The first-order chi connectivity index (χ1) is 6.75. The van der Waals surface area contributed by atoms with Crippen LogP contribution in [0.2, 0.25) is 0 Å². The van der Waals surface area contributed by atoms with Crippen molar-refractivity contribution in [2.45, 2.75) is 0 Å². The van der Waals surface area contributed by atoms with Gasteiger partial charge in [0.25, 0.3) is 0 Å². The second kappa shape index (κ2) is 3.59. The Kier molecular flexibility index (Phi) is 2.28. The summed E-state index contributed by atoms with van der Waals surface area (Å²) in [4.78, 5) is 7.82. The van der Waals surface area contributed by atoms with Gasteiger partial charge in [0, 0.05) is 0 Å². The van der Waals surface area contributed by atoms with Gasteiger partial charge in [-0.05, 0) is 24.3 Å². The maximum absolute atomic E-state index is 5.34. The van der Waals surface area contributed by atoms with Gasteiger partial charge >= 0.3 is 0 Å². The first-order valence-corrected chi connectivity index (χ1v) is 4.59. The molecule has 0 atom stereocenters. The number of aromatic nitrogens is 2. The molecule has 0 spiro atoms. The molecule has 2 aromatic rings. The summed E-state index contributed by atoms with van der Waals surface area (Å²) < 4.78 is 0. The first-order valence-electron chi connectivity index (χ1n) is 4.18.